The molecule has 0 aliphatic carbocycles. The third-order valence-corrected chi connectivity index (χ3v) is 5.98. The van der Waals surface area contributed by atoms with E-state index in [1.54, 1.807) is 0 Å². The summed E-state index contributed by atoms with van der Waals surface area (Å²) in [6.45, 7) is 6.86. The van der Waals surface area contributed by atoms with Gasteiger partial charge in [0.1, 0.15) is 17.1 Å². The van der Waals surface area contributed by atoms with Crippen molar-refractivity contribution in [2.45, 2.75) is 58.5 Å². The molecule has 2 heterocycles. The Bertz CT molecular complexity index is 841. The summed E-state index contributed by atoms with van der Waals surface area (Å²) in [6.07, 6.45) is 3.32. The number of piperidine rings is 1. The lowest BCUT2D eigenvalue weighted by atomic mass is 9.73. The van der Waals surface area contributed by atoms with Crippen molar-refractivity contribution in [3.63, 3.8) is 0 Å². The first-order valence-corrected chi connectivity index (χ1v) is 10.4. The molecule has 6 heteroatoms. The summed E-state index contributed by atoms with van der Waals surface area (Å²) in [6, 6.07) is 10.1. The number of anilines is 1. The smallest absolute Gasteiger partial charge is 0.314 e. The van der Waals surface area contributed by atoms with Crippen LogP contribution in [0.3, 0.4) is 0 Å². The van der Waals surface area contributed by atoms with Gasteiger partial charge in [-0.25, -0.2) is 9.97 Å². The van der Waals surface area contributed by atoms with E-state index in [2.05, 4.69) is 35.9 Å². The number of aromatic nitrogens is 2. The third-order valence-electron chi connectivity index (χ3n) is 5.98. The first kappa shape index (κ1) is 21.2. The lowest BCUT2D eigenvalue weighted by Gasteiger charge is -2.44. The number of hydrogen-bond acceptors (Lipinski definition) is 5. The number of aliphatic hydroxyl groups is 1. The Balaban J connectivity index is 1.83. The van der Waals surface area contributed by atoms with Crippen molar-refractivity contribution in [1.29, 1.82) is 0 Å². The van der Waals surface area contributed by atoms with Gasteiger partial charge in [0.15, 0.2) is 0 Å². The second-order valence-corrected chi connectivity index (χ2v) is 8.38. The zero-order valence-corrected chi connectivity index (χ0v) is 17.5. The number of carboxylic acid groups (broad SMARTS) is 1. The minimum absolute atomic E-state index is 0.231. The van der Waals surface area contributed by atoms with Crippen LogP contribution in [-0.4, -0.2) is 45.3 Å². The van der Waals surface area contributed by atoms with Crippen molar-refractivity contribution in [1.82, 2.24) is 9.97 Å². The SMILES string of the molecule is Cc1ncc(C(C)C)c(N2CC[C@H](O)[C@](CCCc3ccccc3)(C(=O)O)C2)n1. The summed E-state index contributed by atoms with van der Waals surface area (Å²) in [5, 5.41) is 20.9. The average molecular weight is 398 g/mol. The van der Waals surface area contributed by atoms with Crippen molar-refractivity contribution in [3.8, 4) is 0 Å². The highest BCUT2D eigenvalue weighted by Gasteiger charge is 2.49. The van der Waals surface area contributed by atoms with Gasteiger partial charge in [0.05, 0.1) is 6.10 Å². The molecule has 6 nitrogen and oxygen atoms in total. The zero-order valence-electron chi connectivity index (χ0n) is 17.5. The van der Waals surface area contributed by atoms with Crippen molar-refractivity contribution in [2.24, 2.45) is 5.41 Å². The number of aliphatic hydroxyl groups excluding tert-OH is 1. The second-order valence-electron chi connectivity index (χ2n) is 8.38. The monoisotopic (exact) mass is 397 g/mol. The fourth-order valence-corrected chi connectivity index (χ4v) is 4.20. The number of carboxylic acids is 1. The summed E-state index contributed by atoms with van der Waals surface area (Å²) < 4.78 is 0. The molecule has 0 spiro atoms. The molecule has 1 aromatic carbocycles. The number of hydrogen-bond donors (Lipinski definition) is 2. The predicted molar refractivity (Wildman–Crippen MR) is 113 cm³/mol. The van der Waals surface area contributed by atoms with Crippen LogP contribution in [0.15, 0.2) is 36.5 Å². The molecule has 3 rings (SSSR count). The largest absolute Gasteiger partial charge is 0.481 e. The molecule has 2 N–H and O–H groups in total. The maximum absolute atomic E-state index is 12.4. The lowest BCUT2D eigenvalue weighted by molar-refractivity contribution is -0.158. The molecular weight excluding hydrogens is 366 g/mol. The van der Waals surface area contributed by atoms with Gasteiger partial charge in [-0.2, -0.15) is 0 Å². The van der Waals surface area contributed by atoms with E-state index >= 15 is 0 Å². The second kappa shape index (κ2) is 8.91. The van der Waals surface area contributed by atoms with E-state index in [-0.39, 0.29) is 12.5 Å². The van der Waals surface area contributed by atoms with Crippen LogP contribution in [0, 0.1) is 12.3 Å². The molecule has 0 amide bonds. The molecule has 29 heavy (non-hydrogen) atoms. The van der Waals surface area contributed by atoms with Crippen LogP contribution in [0.25, 0.3) is 0 Å². The van der Waals surface area contributed by atoms with E-state index < -0.39 is 17.5 Å². The minimum Gasteiger partial charge on any atom is -0.481 e. The quantitative estimate of drug-likeness (QED) is 0.743. The molecule has 1 aromatic heterocycles. The predicted octanol–water partition coefficient (Wildman–Crippen LogP) is 3.57. The maximum atomic E-state index is 12.4. The number of aliphatic carboxylic acids is 1. The van der Waals surface area contributed by atoms with Gasteiger partial charge in [0.2, 0.25) is 0 Å². The molecule has 2 aromatic rings. The highest BCUT2D eigenvalue weighted by molar-refractivity contribution is 5.77. The molecule has 1 saturated heterocycles. The molecule has 1 fully saturated rings. The molecular formula is C23H31N3O3. The molecule has 0 bridgehead atoms. The van der Waals surface area contributed by atoms with Crippen LogP contribution in [0.5, 0.6) is 0 Å². The summed E-state index contributed by atoms with van der Waals surface area (Å²) in [5.74, 6) is 0.767. The van der Waals surface area contributed by atoms with Crippen LogP contribution in [0.1, 0.15) is 56.0 Å². The zero-order chi connectivity index (χ0) is 21.0. The van der Waals surface area contributed by atoms with Crippen LogP contribution in [-0.2, 0) is 11.2 Å². The summed E-state index contributed by atoms with van der Waals surface area (Å²) in [4.78, 5) is 23.4. The lowest BCUT2D eigenvalue weighted by Crippen LogP contribution is -2.56. The van der Waals surface area contributed by atoms with E-state index in [0.717, 1.165) is 17.8 Å². The maximum Gasteiger partial charge on any atom is 0.314 e. The van der Waals surface area contributed by atoms with Crippen LogP contribution < -0.4 is 4.90 Å². The molecule has 156 valence electrons. The van der Waals surface area contributed by atoms with Gasteiger partial charge in [-0.3, -0.25) is 4.79 Å². The molecule has 0 unspecified atom stereocenters. The Kier molecular flexibility index (Phi) is 6.52. The Labute approximate surface area is 172 Å². The molecule has 1 aliphatic rings. The molecule has 2 atom stereocenters. The normalized spacial score (nSPS) is 22.1. The van der Waals surface area contributed by atoms with E-state index in [9.17, 15) is 15.0 Å². The molecule has 1 aliphatic heterocycles. The van der Waals surface area contributed by atoms with Gasteiger partial charge in [0, 0.05) is 24.8 Å². The van der Waals surface area contributed by atoms with Gasteiger partial charge in [-0.15, -0.1) is 0 Å². The fourth-order valence-electron chi connectivity index (χ4n) is 4.20. The number of aryl methyl sites for hydroxylation is 2. The Morgan fingerprint density at radius 3 is 2.69 bits per heavy atom. The molecule has 0 saturated carbocycles. The topological polar surface area (TPSA) is 86.5 Å². The Morgan fingerprint density at radius 1 is 1.31 bits per heavy atom. The minimum atomic E-state index is -1.19. The highest BCUT2D eigenvalue weighted by Crippen LogP contribution is 2.39. The number of nitrogens with zero attached hydrogens (tertiary/aromatic N) is 3. The average Bonchev–Trinajstić information content (AvgIpc) is 2.69. The number of carbonyl (C=O) groups is 1. The summed E-state index contributed by atoms with van der Waals surface area (Å²) >= 11 is 0. The van der Waals surface area contributed by atoms with Crippen molar-refractivity contribution in [3.05, 3.63) is 53.5 Å². The van der Waals surface area contributed by atoms with Crippen molar-refractivity contribution >= 4 is 11.8 Å². The van der Waals surface area contributed by atoms with Gasteiger partial charge in [-0.05, 0) is 44.1 Å². The fraction of sp³-hybridized carbons (Fsp3) is 0.522. The van der Waals surface area contributed by atoms with Crippen molar-refractivity contribution < 1.29 is 15.0 Å². The third kappa shape index (κ3) is 4.58. The Morgan fingerprint density at radius 2 is 2.03 bits per heavy atom. The standard InChI is InChI=1S/C23H31N3O3/c1-16(2)19-14-24-17(3)25-21(19)26-13-11-20(27)23(15-26,22(28)29)12-7-10-18-8-5-4-6-9-18/h4-6,8-9,14,16,20,27H,7,10-13,15H2,1-3H3,(H,28,29)/t20-,23+/m0/s1. The van der Waals surface area contributed by atoms with Crippen LogP contribution in [0.2, 0.25) is 0 Å². The van der Waals surface area contributed by atoms with Gasteiger partial charge >= 0.3 is 5.97 Å². The van der Waals surface area contributed by atoms with E-state index in [0.29, 0.717) is 31.6 Å². The Hall–Kier alpha value is -2.47. The number of rotatable bonds is 7. The van der Waals surface area contributed by atoms with E-state index in [1.165, 1.54) is 5.56 Å². The first-order chi connectivity index (χ1) is 13.8. The van der Waals surface area contributed by atoms with Crippen molar-refractivity contribution in [2.75, 3.05) is 18.0 Å². The summed E-state index contributed by atoms with van der Waals surface area (Å²) in [7, 11) is 0. The highest BCUT2D eigenvalue weighted by atomic mass is 16.4. The first-order valence-electron chi connectivity index (χ1n) is 10.4. The van der Waals surface area contributed by atoms with Crippen LogP contribution in [0.4, 0.5) is 5.82 Å². The van der Waals surface area contributed by atoms with Gasteiger partial charge in [-0.1, -0.05) is 44.2 Å². The molecule has 0 radical (unpaired) electrons. The number of benzene rings is 1. The van der Waals surface area contributed by atoms with Crippen LogP contribution >= 0.6 is 0 Å². The van der Waals surface area contributed by atoms with E-state index in [4.69, 9.17) is 0 Å². The van der Waals surface area contributed by atoms with Gasteiger partial charge < -0.3 is 15.1 Å². The summed E-state index contributed by atoms with van der Waals surface area (Å²) in [5.41, 5.74) is 0.999. The van der Waals surface area contributed by atoms with Gasteiger partial charge in [0.25, 0.3) is 0 Å². The van der Waals surface area contributed by atoms with E-state index in [1.807, 2.05) is 36.2 Å².